The van der Waals surface area contributed by atoms with Crippen LogP contribution in [0, 0.1) is 0 Å². The maximum Gasteiger partial charge on any atom is 0.416 e. The predicted molar refractivity (Wildman–Crippen MR) is 162 cm³/mol. The van der Waals surface area contributed by atoms with Crippen molar-refractivity contribution in [2.24, 2.45) is 22.9 Å². The number of pyridine rings is 1. The van der Waals surface area contributed by atoms with Crippen molar-refractivity contribution in [3.05, 3.63) is 71.9 Å². The Balaban J connectivity index is 1.73. The molecule has 0 aliphatic carbocycles. The highest BCUT2D eigenvalue weighted by Gasteiger charge is 2.31. The highest BCUT2D eigenvalue weighted by atomic mass is 19.4. The summed E-state index contributed by atoms with van der Waals surface area (Å²) in [5.74, 6) is -1.70. The van der Waals surface area contributed by atoms with Crippen molar-refractivity contribution >= 4 is 34.3 Å². The highest BCUT2D eigenvalue weighted by molar-refractivity contribution is 5.99. The number of nitrogens with one attached hydrogen (secondary N) is 2. The number of aromatic nitrogens is 1. The zero-order valence-corrected chi connectivity index (χ0v) is 24.4. The number of para-hydroxylation sites is 1. The molecule has 44 heavy (non-hydrogen) atoms. The summed E-state index contributed by atoms with van der Waals surface area (Å²) in [5.41, 5.74) is 23.9. The molecule has 0 fully saturated rings. The molecule has 1 heterocycles. The van der Waals surface area contributed by atoms with Crippen LogP contribution in [-0.4, -0.2) is 78.5 Å². The van der Waals surface area contributed by atoms with Crippen molar-refractivity contribution in [2.45, 2.75) is 37.5 Å². The molecule has 2 atom stereocenters. The third-order valence-corrected chi connectivity index (χ3v) is 7.39. The van der Waals surface area contributed by atoms with Gasteiger partial charge in [0.1, 0.15) is 6.04 Å². The average molecular weight is 618 g/mol. The van der Waals surface area contributed by atoms with Gasteiger partial charge in [-0.25, -0.2) is 0 Å². The van der Waals surface area contributed by atoms with Crippen LogP contribution in [-0.2, 0) is 27.0 Å². The first-order chi connectivity index (χ1) is 20.9. The molecule has 0 saturated carbocycles. The third kappa shape index (κ3) is 9.98. The Morgan fingerprint density at radius 1 is 0.932 bits per heavy atom. The predicted octanol–water partition coefficient (Wildman–Crippen LogP) is 1.25. The molecule has 238 valence electrons. The first kappa shape index (κ1) is 34.4. The van der Waals surface area contributed by atoms with E-state index < -0.39 is 41.5 Å². The number of nitrogens with two attached hydrogens (primary N) is 4. The van der Waals surface area contributed by atoms with Gasteiger partial charge in [0.25, 0.3) is 5.91 Å². The van der Waals surface area contributed by atoms with Crippen molar-refractivity contribution in [1.82, 2.24) is 10.3 Å². The maximum absolute atomic E-state index is 13.4. The summed E-state index contributed by atoms with van der Waals surface area (Å²) in [7, 11) is 0. The van der Waals surface area contributed by atoms with E-state index in [4.69, 9.17) is 22.9 Å². The Morgan fingerprint density at radius 2 is 1.59 bits per heavy atom. The smallest absolute Gasteiger partial charge is 0.365 e. The number of hydrogen-bond acceptors (Lipinski definition) is 7. The zero-order valence-electron chi connectivity index (χ0n) is 24.4. The number of fused-ring (bicyclic) bond motifs is 1. The molecule has 0 aliphatic heterocycles. The summed E-state index contributed by atoms with van der Waals surface area (Å²) in [6.45, 7) is 2.08. The van der Waals surface area contributed by atoms with Gasteiger partial charge in [-0.15, -0.1) is 0 Å². The topological polar surface area (TPSA) is 192 Å². The molecular weight excluding hydrogens is 577 g/mol. The number of benzene rings is 2. The lowest BCUT2D eigenvalue weighted by molar-refractivity contribution is -0.918. The number of carbonyl (C=O) groups excluding carboxylic acids is 3. The van der Waals surface area contributed by atoms with Crippen LogP contribution in [0.2, 0.25) is 0 Å². The van der Waals surface area contributed by atoms with E-state index >= 15 is 0 Å². The van der Waals surface area contributed by atoms with E-state index in [1.807, 2.05) is 24.3 Å². The molecule has 3 amide bonds. The molecule has 14 heteroatoms. The number of halogens is 3. The number of quaternary nitrogens is 1. The standard InChI is InChI=1S/C30H39F3N8O3/c31-30(32,33)22-9-7-20(8-10-22)16-26(29(44)39-23-17-21-4-1-2-6-25(21)38-18-23)40-28(43)24(36)5-3-13-41(14-11-34,15-12-35)19-27(37)42/h1-2,4,6-10,17-18,24,26H,3,5,11-16,19,34-36H2,(H3-,37,39,40,42,43,44)/p+1/t24-,26+/m0/s1. The number of rotatable bonds is 16. The second-order valence-corrected chi connectivity index (χ2v) is 10.8. The Kier molecular flexibility index (Phi) is 12.2. The fourth-order valence-corrected chi connectivity index (χ4v) is 5.15. The monoisotopic (exact) mass is 617 g/mol. The number of hydrogen-bond donors (Lipinski definition) is 6. The van der Waals surface area contributed by atoms with Crippen LogP contribution in [0.3, 0.4) is 0 Å². The fourth-order valence-electron chi connectivity index (χ4n) is 5.15. The van der Waals surface area contributed by atoms with Gasteiger partial charge in [0.15, 0.2) is 6.54 Å². The van der Waals surface area contributed by atoms with Crippen LogP contribution < -0.4 is 33.6 Å². The van der Waals surface area contributed by atoms with Gasteiger partial charge >= 0.3 is 6.18 Å². The van der Waals surface area contributed by atoms with Gasteiger partial charge in [-0.3, -0.25) is 19.4 Å². The van der Waals surface area contributed by atoms with E-state index in [0.717, 1.165) is 23.0 Å². The van der Waals surface area contributed by atoms with Crippen molar-refractivity contribution in [2.75, 3.05) is 44.6 Å². The highest BCUT2D eigenvalue weighted by Crippen LogP contribution is 2.29. The molecule has 3 aromatic rings. The van der Waals surface area contributed by atoms with Crippen LogP contribution in [0.1, 0.15) is 24.0 Å². The molecule has 0 aliphatic rings. The van der Waals surface area contributed by atoms with Crippen LogP contribution in [0.4, 0.5) is 18.9 Å². The van der Waals surface area contributed by atoms with Gasteiger partial charge in [0, 0.05) is 24.9 Å². The van der Waals surface area contributed by atoms with E-state index in [-0.39, 0.29) is 23.9 Å². The molecule has 10 N–H and O–H groups in total. The summed E-state index contributed by atoms with van der Waals surface area (Å²) >= 11 is 0. The summed E-state index contributed by atoms with van der Waals surface area (Å²) in [4.78, 5) is 42.6. The second kappa shape index (κ2) is 15.6. The Morgan fingerprint density at radius 3 is 2.20 bits per heavy atom. The normalized spacial score (nSPS) is 13.3. The van der Waals surface area contributed by atoms with Crippen molar-refractivity contribution in [1.29, 1.82) is 0 Å². The van der Waals surface area contributed by atoms with Crippen LogP contribution in [0.5, 0.6) is 0 Å². The number of carbonyl (C=O) groups is 3. The molecule has 0 bridgehead atoms. The number of primary amides is 1. The summed E-state index contributed by atoms with van der Waals surface area (Å²) in [6, 6.07) is 11.2. The van der Waals surface area contributed by atoms with Crippen molar-refractivity contribution in [3.63, 3.8) is 0 Å². The molecule has 1 aromatic heterocycles. The summed E-state index contributed by atoms with van der Waals surface area (Å²) in [6.07, 6.45) is -2.46. The largest absolute Gasteiger partial charge is 0.416 e. The first-order valence-corrected chi connectivity index (χ1v) is 14.3. The molecule has 3 rings (SSSR count). The summed E-state index contributed by atoms with van der Waals surface area (Å²) < 4.78 is 39.5. The SMILES string of the molecule is NCC[N+](CCN)(CCC[C@H](N)C(=O)N[C@H](Cc1ccc(C(F)(F)F)cc1)C(=O)Nc1cnc2ccccc2c1)CC(N)=O. The molecule has 0 radical (unpaired) electrons. The van der Waals surface area contributed by atoms with Crippen LogP contribution >= 0.6 is 0 Å². The molecule has 11 nitrogen and oxygen atoms in total. The minimum Gasteiger partial charge on any atom is -0.365 e. The van der Waals surface area contributed by atoms with Gasteiger partial charge in [-0.1, -0.05) is 30.3 Å². The summed E-state index contributed by atoms with van der Waals surface area (Å²) in [5, 5.41) is 6.18. The number of alkyl halides is 3. The lowest BCUT2D eigenvalue weighted by atomic mass is 10.0. The quantitative estimate of drug-likeness (QED) is 0.130. The van der Waals surface area contributed by atoms with Gasteiger partial charge in [-0.2, -0.15) is 13.2 Å². The molecule has 0 spiro atoms. The minimum atomic E-state index is -4.51. The lowest BCUT2D eigenvalue weighted by Gasteiger charge is -2.37. The van der Waals surface area contributed by atoms with Crippen molar-refractivity contribution < 1.29 is 32.0 Å². The number of nitrogens with zero attached hydrogens (tertiary/aromatic N) is 2. The Hall–Kier alpha value is -4.11. The lowest BCUT2D eigenvalue weighted by Crippen LogP contribution is -2.58. The van der Waals surface area contributed by atoms with Gasteiger partial charge in [0.05, 0.1) is 48.6 Å². The van der Waals surface area contributed by atoms with Gasteiger partial charge < -0.3 is 38.1 Å². The maximum atomic E-state index is 13.4. The van der Waals surface area contributed by atoms with Crippen LogP contribution in [0.25, 0.3) is 10.9 Å². The fraction of sp³-hybridized carbons (Fsp3) is 0.400. The third-order valence-electron chi connectivity index (χ3n) is 7.39. The average Bonchev–Trinajstić information content (AvgIpc) is 2.96. The Bertz CT molecular complexity index is 1410. The van der Waals surface area contributed by atoms with E-state index in [1.54, 1.807) is 6.07 Å². The molecular formula is C30H40F3N8O3+. The van der Waals surface area contributed by atoms with E-state index in [1.165, 1.54) is 18.3 Å². The van der Waals surface area contributed by atoms with E-state index in [0.29, 0.717) is 50.4 Å². The molecule has 2 aromatic carbocycles. The first-order valence-electron chi connectivity index (χ1n) is 14.3. The van der Waals surface area contributed by atoms with E-state index in [2.05, 4.69) is 15.6 Å². The van der Waals surface area contributed by atoms with Gasteiger partial charge in [0.2, 0.25) is 11.8 Å². The molecule has 0 unspecified atom stereocenters. The molecule has 0 saturated heterocycles. The van der Waals surface area contributed by atoms with Gasteiger partial charge in [-0.05, 0) is 42.7 Å². The van der Waals surface area contributed by atoms with Crippen molar-refractivity contribution in [3.8, 4) is 0 Å². The van der Waals surface area contributed by atoms with E-state index in [9.17, 15) is 27.6 Å². The number of amides is 3. The Labute approximate surface area is 253 Å². The minimum absolute atomic E-state index is 0.0504. The number of anilines is 1. The second-order valence-electron chi connectivity index (χ2n) is 10.8. The van der Waals surface area contributed by atoms with Crippen LogP contribution in [0.15, 0.2) is 60.8 Å². The zero-order chi connectivity index (χ0) is 32.3.